The van der Waals surface area contributed by atoms with Crippen molar-refractivity contribution in [3.63, 3.8) is 0 Å². The van der Waals surface area contributed by atoms with Crippen LogP contribution in [0.2, 0.25) is 0 Å². The molecule has 0 aliphatic rings. The molecule has 0 N–H and O–H groups in total. The van der Waals surface area contributed by atoms with Crippen LogP contribution in [0.3, 0.4) is 0 Å². The third-order valence-electron chi connectivity index (χ3n) is 2.12. The summed E-state index contributed by atoms with van der Waals surface area (Å²) in [6, 6.07) is 0. The molecule has 1 unspecified atom stereocenters. The summed E-state index contributed by atoms with van der Waals surface area (Å²) in [5, 5.41) is 0. The summed E-state index contributed by atoms with van der Waals surface area (Å²) in [6.07, 6.45) is 5.31. The van der Waals surface area contributed by atoms with Crippen LogP contribution in [-0.4, -0.2) is 24.7 Å². The van der Waals surface area contributed by atoms with Crippen LogP contribution in [-0.2, 0) is 14.3 Å². The van der Waals surface area contributed by atoms with Crippen molar-refractivity contribution in [1.82, 2.24) is 0 Å². The monoisotopic (exact) mass is 213 g/mol. The minimum Gasteiger partial charge on any atom is -0.463 e. The summed E-state index contributed by atoms with van der Waals surface area (Å²) in [6.45, 7) is 4.37. The lowest BCUT2D eigenvalue weighted by Gasteiger charge is -2.10. The van der Waals surface area contributed by atoms with E-state index in [2.05, 4.69) is 4.99 Å². The molecule has 0 bridgehead atoms. The molecule has 86 valence electrons. The van der Waals surface area contributed by atoms with E-state index in [4.69, 9.17) is 4.74 Å². The number of carbonyl (C=O) groups is 1. The first-order valence-corrected chi connectivity index (χ1v) is 5.43. The van der Waals surface area contributed by atoms with Gasteiger partial charge in [0, 0.05) is 6.42 Å². The predicted molar refractivity (Wildman–Crippen MR) is 57.3 cm³/mol. The molecule has 0 aromatic heterocycles. The lowest BCUT2D eigenvalue weighted by Crippen LogP contribution is -2.13. The van der Waals surface area contributed by atoms with Crippen LogP contribution in [0.5, 0.6) is 0 Å². The van der Waals surface area contributed by atoms with Crippen molar-refractivity contribution in [3.05, 3.63) is 0 Å². The third-order valence-corrected chi connectivity index (χ3v) is 2.12. The zero-order valence-corrected chi connectivity index (χ0v) is 9.49. The van der Waals surface area contributed by atoms with Crippen molar-refractivity contribution in [3.8, 4) is 0 Å². The Labute approximate surface area is 90.7 Å². The van der Waals surface area contributed by atoms with E-state index in [0.29, 0.717) is 13.0 Å². The fraction of sp³-hybridized carbons (Fsp3) is 0.818. The first-order valence-electron chi connectivity index (χ1n) is 5.43. The van der Waals surface area contributed by atoms with Gasteiger partial charge in [0.25, 0.3) is 0 Å². The van der Waals surface area contributed by atoms with Crippen molar-refractivity contribution in [1.29, 1.82) is 0 Å². The van der Waals surface area contributed by atoms with Crippen LogP contribution < -0.4 is 0 Å². The number of hydrogen-bond acceptors (Lipinski definition) is 4. The topological polar surface area (TPSA) is 55.7 Å². The summed E-state index contributed by atoms with van der Waals surface area (Å²) < 4.78 is 5.10. The van der Waals surface area contributed by atoms with E-state index in [1.807, 2.05) is 13.8 Å². The number of nitrogens with zero attached hydrogens (tertiary/aromatic N) is 1. The normalized spacial score (nSPS) is 11.6. The highest BCUT2D eigenvalue weighted by Crippen LogP contribution is 2.04. The van der Waals surface area contributed by atoms with Crippen LogP contribution in [0.4, 0.5) is 0 Å². The second-order valence-corrected chi connectivity index (χ2v) is 3.49. The fourth-order valence-electron chi connectivity index (χ4n) is 1.05. The van der Waals surface area contributed by atoms with E-state index in [-0.39, 0.29) is 12.1 Å². The van der Waals surface area contributed by atoms with Gasteiger partial charge in [0.2, 0.25) is 6.08 Å². The van der Waals surface area contributed by atoms with Crippen LogP contribution in [0.1, 0.15) is 46.0 Å². The lowest BCUT2D eigenvalue weighted by atomic mass is 10.2. The summed E-state index contributed by atoms with van der Waals surface area (Å²) in [7, 11) is 0. The summed E-state index contributed by atoms with van der Waals surface area (Å²) in [5.74, 6) is -0.136. The molecule has 0 amide bonds. The molecule has 0 aliphatic carbocycles. The largest absolute Gasteiger partial charge is 0.463 e. The number of unbranched alkanes of at least 4 members (excludes halogenated alkanes) is 2. The van der Waals surface area contributed by atoms with Gasteiger partial charge in [0.1, 0.15) is 0 Å². The van der Waals surface area contributed by atoms with Gasteiger partial charge in [-0.05, 0) is 26.2 Å². The molecule has 4 nitrogen and oxygen atoms in total. The minimum atomic E-state index is -0.136. The van der Waals surface area contributed by atoms with E-state index in [1.165, 1.54) is 6.08 Å². The van der Waals surface area contributed by atoms with E-state index in [0.717, 1.165) is 25.7 Å². The third kappa shape index (κ3) is 9.16. The van der Waals surface area contributed by atoms with Crippen molar-refractivity contribution in [2.24, 2.45) is 4.99 Å². The van der Waals surface area contributed by atoms with Gasteiger partial charge < -0.3 is 4.74 Å². The average Bonchev–Trinajstić information content (AvgIpc) is 2.23. The molecule has 0 saturated carbocycles. The highest BCUT2D eigenvalue weighted by molar-refractivity contribution is 5.69. The van der Waals surface area contributed by atoms with Gasteiger partial charge in [-0.1, -0.05) is 13.3 Å². The van der Waals surface area contributed by atoms with Gasteiger partial charge in [-0.15, -0.1) is 0 Å². The van der Waals surface area contributed by atoms with Gasteiger partial charge in [-0.2, -0.15) is 0 Å². The Bertz CT molecular complexity index is 222. The molecular formula is C11H19NO3. The molecule has 0 saturated heterocycles. The van der Waals surface area contributed by atoms with Crippen LogP contribution in [0, 0.1) is 0 Å². The van der Waals surface area contributed by atoms with Crippen molar-refractivity contribution >= 4 is 12.0 Å². The highest BCUT2D eigenvalue weighted by Gasteiger charge is 2.06. The van der Waals surface area contributed by atoms with Gasteiger partial charge in [0.15, 0.2) is 0 Å². The Balaban J connectivity index is 3.35. The summed E-state index contributed by atoms with van der Waals surface area (Å²) in [4.78, 5) is 24.4. The van der Waals surface area contributed by atoms with Gasteiger partial charge in [-0.3, -0.25) is 4.79 Å². The van der Waals surface area contributed by atoms with E-state index < -0.39 is 0 Å². The zero-order valence-electron chi connectivity index (χ0n) is 9.49. The molecule has 0 aromatic rings. The number of isocyanates is 1. The molecule has 0 aliphatic heterocycles. The summed E-state index contributed by atoms with van der Waals surface area (Å²) >= 11 is 0. The predicted octanol–water partition coefficient (Wildman–Crippen LogP) is 2.22. The molecule has 1 atom stereocenters. The van der Waals surface area contributed by atoms with Crippen LogP contribution in [0.15, 0.2) is 4.99 Å². The number of esters is 1. The van der Waals surface area contributed by atoms with Gasteiger partial charge in [-0.25, -0.2) is 9.79 Å². The molecule has 0 spiro atoms. The minimum absolute atomic E-state index is 0.0113. The Morgan fingerprint density at radius 2 is 2.13 bits per heavy atom. The maximum Gasteiger partial charge on any atom is 0.306 e. The van der Waals surface area contributed by atoms with E-state index in [1.54, 1.807) is 0 Å². The Hall–Kier alpha value is -1.15. The fourth-order valence-corrected chi connectivity index (χ4v) is 1.05. The number of carbonyl (C=O) groups excluding carboxylic acids is 2. The maximum absolute atomic E-state index is 11.2. The molecule has 0 rings (SSSR count). The maximum atomic E-state index is 11.2. The molecule has 4 heteroatoms. The molecule has 0 aromatic carbocycles. The highest BCUT2D eigenvalue weighted by atomic mass is 16.5. The first kappa shape index (κ1) is 13.8. The lowest BCUT2D eigenvalue weighted by molar-refractivity contribution is -0.148. The average molecular weight is 213 g/mol. The molecule has 0 fully saturated rings. The second-order valence-electron chi connectivity index (χ2n) is 3.49. The number of aliphatic imine (C=N–C) groups is 1. The van der Waals surface area contributed by atoms with E-state index >= 15 is 0 Å². The second kappa shape index (κ2) is 9.41. The Kier molecular flexibility index (Phi) is 8.69. The number of ether oxygens (including phenoxy) is 1. The van der Waals surface area contributed by atoms with Crippen molar-refractivity contribution < 1.29 is 14.3 Å². The quantitative estimate of drug-likeness (QED) is 0.269. The summed E-state index contributed by atoms with van der Waals surface area (Å²) in [5.41, 5.74) is 0. The smallest absolute Gasteiger partial charge is 0.306 e. The number of rotatable bonds is 8. The van der Waals surface area contributed by atoms with Crippen molar-refractivity contribution in [2.75, 3.05) is 6.54 Å². The van der Waals surface area contributed by atoms with Crippen LogP contribution >= 0.6 is 0 Å². The molecule has 0 heterocycles. The Morgan fingerprint density at radius 3 is 2.73 bits per heavy atom. The van der Waals surface area contributed by atoms with Crippen molar-refractivity contribution in [2.45, 2.75) is 52.1 Å². The standard InChI is InChI=1S/C11H19NO3/c1-3-10(2)15-11(14)7-5-4-6-8-12-9-13/h10H,3-8H2,1-2H3. The SMILES string of the molecule is CCC(C)OC(=O)CCCCCN=C=O. The van der Waals surface area contributed by atoms with E-state index in [9.17, 15) is 9.59 Å². The Morgan fingerprint density at radius 1 is 1.40 bits per heavy atom. The van der Waals surface area contributed by atoms with Crippen LogP contribution in [0.25, 0.3) is 0 Å². The molecule has 0 radical (unpaired) electrons. The first-order chi connectivity index (χ1) is 7.20. The van der Waals surface area contributed by atoms with Gasteiger partial charge >= 0.3 is 5.97 Å². The molecule has 15 heavy (non-hydrogen) atoms. The zero-order chi connectivity index (χ0) is 11.5. The number of hydrogen-bond donors (Lipinski definition) is 0. The molecular weight excluding hydrogens is 194 g/mol. The van der Waals surface area contributed by atoms with Gasteiger partial charge in [0.05, 0.1) is 12.6 Å².